The summed E-state index contributed by atoms with van der Waals surface area (Å²) in [5.74, 6) is 0.715. The summed E-state index contributed by atoms with van der Waals surface area (Å²) in [6.45, 7) is 6.79. The molecule has 1 aliphatic heterocycles. The van der Waals surface area contributed by atoms with Crippen molar-refractivity contribution in [3.8, 4) is 0 Å². The minimum atomic E-state index is -0.346. The van der Waals surface area contributed by atoms with Crippen molar-refractivity contribution in [2.75, 3.05) is 13.1 Å². The van der Waals surface area contributed by atoms with E-state index >= 15 is 0 Å². The lowest BCUT2D eigenvalue weighted by atomic mass is 10.0. The van der Waals surface area contributed by atoms with E-state index in [1.807, 2.05) is 24.3 Å². The highest BCUT2D eigenvalue weighted by atomic mass is 79.9. The van der Waals surface area contributed by atoms with Gasteiger partial charge < -0.3 is 10.0 Å². The van der Waals surface area contributed by atoms with Crippen LogP contribution in [-0.2, 0) is 0 Å². The predicted octanol–water partition coefficient (Wildman–Crippen LogP) is 3.99. The standard InChI is InChI=1S/C16H24BrNO/c1-12(2)15-4-3-10-18(15)11-9-16(19)13-5-7-14(17)8-6-13/h5-8,12,15-16,19H,3-4,9-11H2,1-2H3. The Balaban J connectivity index is 1.86. The zero-order valence-electron chi connectivity index (χ0n) is 11.8. The van der Waals surface area contributed by atoms with Crippen molar-refractivity contribution in [1.82, 2.24) is 4.90 Å². The molecule has 1 aliphatic rings. The number of likely N-dealkylation sites (tertiary alicyclic amines) is 1. The zero-order chi connectivity index (χ0) is 13.8. The van der Waals surface area contributed by atoms with Crippen molar-refractivity contribution in [3.05, 3.63) is 34.3 Å². The second kappa shape index (κ2) is 6.87. The van der Waals surface area contributed by atoms with Crippen molar-refractivity contribution < 1.29 is 5.11 Å². The smallest absolute Gasteiger partial charge is 0.0802 e. The minimum absolute atomic E-state index is 0.346. The van der Waals surface area contributed by atoms with Gasteiger partial charge in [0.05, 0.1) is 6.10 Å². The maximum absolute atomic E-state index is 10.3. The molecule has 106 valence electrons. The van der Waals surface area contributed by atoms with Crippen molar-refractivity contribution in [1.29, 1.82) is 0 Å². The lowest BCUT2D eigenvalue weighted by Crippen LogP contribution is -2.34. The first kappa shape index (κ1) is 15.0. The van der Waals surface area contributed by atoms with Crippen LogP contribution in [0.5, 0.6) is 0 Å². The third kappa shape index (κ3) is 4.04. The molecule has 3 heteroatoms. The van der Waals surface area contributed by atoms with Crippen LogP contribution < -0.4 is 0 Å². The van der Waals surface area contributed by atoms with E-state index in [1.165, 1.54) is 19.4 Å². The van der Waals surface area contributed by atoms with Crippen molar-refractivity contribution in [3.63, 3.8) is 0 Å². The van der Waals surface area contributed by atoms with E-state index < -0.39 is 0 Å². The molecule has 0 bridgehead atoms. The van der Waals surface area contributed by atoms with E-state index in [1.54, 1.807) is 0 Å². The summed E-state index contributed by atoms with van der Waals surface area (Å²) < 4.78 is 1.06. The number of rotatable bonds is 5. The molecule has 2 atom stereocenters. The van der Waals surface area contributed by atoms with Crippen LogP contribution in [0, 0.1) is 5.92 Å². The molecular weight excluding hydrogens is 302 g/mol. The van der Waals surface area contributed by atoms with E-state index in [-0.39, 0.29) is 6.10 Å². The van der Waals surface area contributed by atoms with E-state index in [9.17, 15) is 5.11 Å². The second-order valence-electron chi connectivity index (χ2n) is 5.85. The summed E-state index contributed by atoms with van der Waals surface area (Å²) >= 11 is 3.42. The highest BCUT2D eigenvalue weighted by Crippen LogP contribution is 2.26. The molecule has 0 saturated carbocycles. The predicted molar refractivity (Wildman–Crippen MR) is 83.2 cm³/mol. The molecule has 1 heterocycles. The molecule has 1 saturated heterocycles. The summed E-state index contributed by atoms with van der Waals surface area (Å²) in [4.78, 5) is 2.55. The molecule has 0 amide bonds. The summed E-state index contributed by atoms with van der Waals surface area (Å²) in [6, 6.07) is 8.69. The van der Waals surface area contributed by atoms with Gasteiger partial charge in [0.2, 0.25) is 0 Å². The number of halogens is 1. The lowest BCUT2D eigenvalue weighted by molar-refractivity contribution is 0.128. The van der Waals surface area contributed by atoms with E-state index in [0.29, 0.717) is 12.0 Å². The number of hydrogen-bond donors (Lipinski definition) is 1. The molecule has 0 spiro atoms. The first-order valence-corrected chi connectivity index (χ1v) is 8.05. The van der Waals surface area contributed by atoms with Crippen LogP contribution >= 0.6 is 15.9 Å². The monoisotopic (exact) mass is 325 g/mol. The average Bonchev–Trinajstić information content (AvgIpc) is 2.85. The first-order chi connectivity index (χ1) is 9.08. The second-order valence-corrected chi connectivity index (χ2v) is 6.76. The number of hydrogen-bond acceptors (Lipinski definition) is 2. The zero-order valence-corrected chi connectivity index (χ0v) is 13.4. The van der Waals surface area contributed by atoms with E-state index in [0.717, 1.165) is 23.0 Å². The van der Waals surface area contributed by atoms with Gasteiger partial charge in [-0.15, -0.1) is 0 Å². The number of aliphatic hydroxyl groups excluding tert-OH is 1. The fourth-order valence-corrected chi connectivity index (χ4v) is 3.29. The number of nitrogens with zero attached hydrogens (tertiary/aromatic N) is 1. The highest BCUT2D eigenvalue weighted by Gasteiger charge is 2.27. The van der Waals surface area contributed by atoms with Gasteiger partial charge in [-0.25, -0.2) is 0 Å². The van der Waals surface area contributed by atoms with Gasteiger partial charge in [-0.1, -0.05) is 41.9 Å². The average molecular weight is 326 g/mol. The van der Waals surface area contributed by atoms with Gasteiger partial charge in [0.15, 0.2) is 0 Å². The van der Waals surface area contributed by atoms with Crippen LogP contribution in [0.25, 0.3) is 0 Å². The summed E-state index contributed by atoms with van der Waals surface area (Å²) in [5.41, 5.74) is 1.02. The summed E-state index contributed by atoms with van der Waals surface area (Å²) in [6.07, 6.45) is 3.09. The SMILES string of the molecule is CC(C)C1CCCN1CCC(O)c1ccc(Br)cc1. The van der Waals surface area contributed by atoms with Crippen LogP contribution in [0.4, 0.5) is 0 Å². The van der Waals surface area contributed by atoms with Gasteiger partial charge in [0.1, 0.15) is 0 Å². The normalized spacial score (nSPS) is 22.1. The van der Waals surface area contributed by atoms with E-state index in [4.69, 9.17) is 0 Å². The molecule has 1 aromatic carbocycles. The molecule has 2 nitrogen and oxygen atoms in total. The highest BCUT2D eigenvalue weighted by molar-refractivity contribution is 9.10. The molecule has 1 aromatic rings. The topological polar surface area (TPSA) is 23.5 Å². The largest absolute Gasteiger partial charge is 0.388 e. The molecular formula is C16H24BrNO. The quantitative estimate of drug-likeness (QED) is 0.884. The molecule has 1 fully saturated rings. The molecule has 0 aromatic heterocycles. The van der Waals surface area contributed by atoms with Crippen molar-refractivity contribution in [2.24, 2.45) is 5.92 Å². The van der Waals surface area contributed by atoms with Gasteiger partial charge in [0, 0.05) is 17.1 Å². The fourth-order valence-electron chi connectivity index (χ4n) is 3.02. The lowest BCUT2D eigenvalue weighted by Gasteiger charge is -2.28. The van der Waals surface area contributed by atoms with Crippen LogP contribution in [0.3, 0.4) is 0 Å². The van der Waals surface area contributed by atoms with Gasteiger partial charge in [-0.05, 0) is 49.4 Å². The maximum Gasteiger partial charge on any atom is 0.0802 e. The van der Waals surface area contributed by atoms with Gasteiger partial charge in [-0.3, -0.25) is 0 Å². The van der Waals surface area contributed by atoms with Crippen LogP contribution in [0.2, 0.25) is 0 Å². The van der Waals surface area contributed by atoms with Crippen LogP contribution in [0.1, 0.15) is 44.8 Å². The van der Waals surface area contributed by atoms with E-state index in [2.05, 4.69) is 34.7 Å². The molecule has 19 heavy (non-hydrogen) atoms. The molecule has 1 N–H and O–H groups in total. The Labute approximate surface area is 124 Å². The third-order valence-electron chi connectivity index (χ3n) is 4.13. The van der Waals surface area contributed by atoms with Crippen LogP contribution in [-0.4, -0.2) is 29.1 Å². The Morgan fingerprint density at radius 1 is 1.32 bits per heavy atom. The summed E-state index contributed by atoms with van der Waals surface area (Å²) in [5, 5.41) is 10.3. The van der Waals surface area contributed by atoms with Gasteiger partial charge in [-0.2, -0.15) is 0 Å². The molecule has 2 rings (SSSR count). The Bertz CT molecular complexity index is 390. The molecule has 0 radical (unpaired) electrons. The minimum Gasteiger partial charge on any atom is -0.388 e. The first-order valence-electron chi connectivity index (χ1n) is 7.25. The van der Waals surface area contributed by atoms with Crippen molar-refractivity contribution >= 4 is 15.9 Å². The molecule has 0 aliphatic carbocycles. The number of benzene rings is 1. The van der Waals surface area contributed by atoms with Crippen molar-refractivity contribution in [2.45, 2.75) is 45.3 Å². The molecule has 2 unspecified atom stereocenters. The van der Waals surface area contributed by atoms with Gasteiger partial charge in [0.25, 0.3) is 0 Å². The Morgan fingerprint density at radius 3 is 2.63 bits per heavy atom. The summed E-state index contributed by atoms with van der Waals surface area (Å²) in [7, 11) is 0. The Kier molecular flexibility index (Phi) is 5.43. The van der Waals surface area contributed by atoms with Gasteiger partial charge >= 0.3 is 0 Å². The Morgan fingerprint density at radius 2 is 2.00 bits per heavy atom. The third-order valence-corrected chi connectivity index (χ3v) is 4.66. The Hall–Kier alpha value is -0.380. The maximum atomic E-state index is 10.3. The number of aliphatic hydroxyl groups is 1. The van der Waals surface area contributed by atoms with Crippen LogP contribution in [0.15, 0.2) is 28.7 Å². The fraction of sp³-hybridized carbons (Fsp3) is 0.625.